The molecule has 2 aromatic carbocycles. The fourth-order valence-electron chi connectivity index (χ4n) is 2.71. The maximum absolute atomic E-state index is 12.6. The van der Waals surface area contributed by atoms with Crippen molar-refractivity contribution < 1.29 is 4.74 Å². The molecule has 0 aliphatic rings. The number of aryl methyl sites for hydroxylation is 1. The second-order valence-electron chi connectivity index (χ2n) is 5.80. The Kier molecular flexibility index (Phi) is 4.07. The number of rotatable bonds is 4. The molecular formula is C20H16N2O2S. The molecule has 2 aromatic heterocycles. The summed E-state index contributed by atoms with van der Waals surface area (Å²) in [5, 5.41) is 1.96. The van der Waals surface area contributed by atoms with Crippen LogP contribution in [0, 0.1) is 6.92 Å². The third-order valence-corrected chi connectivity index (χ3v) is 4.73. The van der Waals surface area contributed by atoms with Crippen molar-refractivity contribution in [2.45, 2.75) is 13.5 Å². The quantitative estimate of drug-likeness (QED) is 0.552. The summed E-state index contributed by atoms with van der Waals surface area (Å²) in [6, 6.07) is 19.2. The lowest BCUT2D eigenvalue weighted by molar-refractivity contribution is 0.301. The summed E-state index contributed by atoms with van der Waals surface area (Å²) in [7, 11) is 0. The van der Waals surface area contributed by atoms with E-state index in [1.165, 1.54) is 11.3 Å². The first-order valence-corrected chi connectivity index (χ1v) is 8.84. The van der Waals surface area contributed by atoms with Crippen LogP contribution in [0.25, 0.3) is 16.2 Å². The fraction of sp³-hybridized carbons (Fsp3) is 0.100. The first-order chi connectivity index (χ1) is 12.2. The first-order valence-electron chi connectivity index (χ1n) is 7.96. The van der Waals surface area contributed by atoms with Crippen molar-refractivity contribution in [1.82, 2.24) is 9.38 Å². The van der Waals surface area contributed by atoms with Crippen LogP contribution < -0.4 is 10.3 Å². The van der Waals surface area contributed by atoms with Gasteiger partial charge in [0, 0.05) is 11.4 Å². The molecule has 0 saturated carbocycles. The average molecular weight is 348 g/mol. The first kappa shape index (κ1) is 15.6. The highest BCUT2D eigenvalue weighted by molar-refractivity contribution is 7.15. The highest BCUT2D eigenvalue weighted by atomic mass is 32.1. The van der Waals surface area contributed by atoms with Crippen molar-refractivity contribution in [3.05, 3.63) is 87.7 Å². The van der Waals surface area contributed by atoms with Gasteiger partial charge in [0.1, 0.15) is 12.4 Å². The van der Waals surface area contributed by atoms with Crippen LogP contribution in [0.1, 0.15) is 11.3 Å². The van der Waals surface area contributed by atoms with Gasteiger partial charge in [-0.25, -0.2) is 4.98 Å². The third-order valence-electron chi connectivity index (χ3n) is 3.90. The molecule has 4 rings (SSSR count). The molecule has 2 heterocycles. The largest absolute Gasteiger partial charge is 0.487 e. The van der Waals surface area contributed by atoms with E-state index >= 15 is 0 Å². The number of ether oxygens (including phenoxy) is 1. The number of thiazole rings is 1. The Hall–Kier alpha value is -2.92. The average Bonchev–Trinajstić information content (AvgIpc) is 3.05. The molecule has 0 N–H and O–H groups in total. The molecular weight excluding hydrogens is 332 g/mol. The summed E-state index contributed by atoms with van der Waals surface area (Å²) in [6.07, 6.45) is 0. The van der Waals surface area contributed by atoms with Crippen LogP contribution >= 0.6 is 11.3 Å². The van der Waals surface area contributed by atoms with Gasteiger partial charge in [-0.2, -0.15) is 0 Å². The lowest BCUT2D eigenvalue weighted by atomic mass is 10.2. The Morgan fingerprint density at radius 1 is 1.08 bits per heavy atom. The van der Waals surface area contributed by atoms with Crippen molar-refractivity contribution in [2.24, 2.45) is 0 Å². The second-order valence-corrected chi connectivity index (χ2v) is 6.63. The molecule has 0 unspecified atom stereocenters. The zero-order chi connectivity index (χ0) is 17.2. The van der Waals surface area contributed by atoms with Gasteiger partial charge in [-0.05, 0) is 30.2 Å². The molecule has 0 amide bonds. The molecule has 0 aliphatic carbocycles. The molecule has 0 bridgehead atoms. The number of fused-ring (bicyclic) bond motifs is 1. The molecule has 4 aromatic rings. The number of nitrogens with zero attached hydrogens (tertiary/aromatic N) is 2. The van der Waals surface area contributed by atoms with Gasteiger partial charge in [0.2, 0.25) is 0 Å². The minimum Gasteiger partial charge on any atom is -0.487 e. The maximum atomic E-state index is 12.6. The van der Waals surface area contributed by atoms with E-state index in [1.807, 2.05) is 66.9 Å². The van der Waals surface area contributed by atoms with Gasteiger partial charge < -0.3 is 4.74 Å². The molecule has 0 atom stereocenters. The Morgan fingerprint density at radius 3 is 2.72 bits per heavy atom. The normalized spacial score (nSPS) is 10.9. The van der Waals surface area contributed by atoms with Crippen LogP contribution in [0.5, 0.6) is 5.75 Å². The Labute approximate surface area is 149 Å². The summed E-state index contributed by atoms with van der Waals surface area (Å²) in [6.45, 7) is 2.29. The maximum Gasteiger partial charge on any atom is 0.259 e. The monoisotopic (exact) mass is 348 g/mol. The van der Waals surface area contributed by atoms with E-state index in [0.29, 0.717) is 10.7 Å². The number of aromatic nitrogens is 2. The van der Waals surface area contributed by atoms with Gasteiger partial charge in [0.25, 0.3) is 5.56 Å². The van der Waals surface area contributed by atoms with E-state index < -0.39 is 0 Å². The van der Waals surface area contributed by atoms with Crippen LogP contribution in [-0.2, 0) is 6.61 Å². The minimum atomic E-state index is -0.0899. The number of hydrogen-bond donors (Lipinski definition) is 0. The highest BCUT2D eigenvalue weighted by Crippen LogP contribution is 2.24. The van der Waals surface area contributed by atoms with Gasteiger partial charge in [-0.3, -0.25) is 9.20 Å². The predicted octanol–water partition coefficient (Wildman–Crippen LogP) is 4.31. The smallest absolute Gasteiger partial charge is 0.259 e. The summed E-state index contributed by atoms with van der Waals surface area (Å²) in [5.41, 5.74) is 3.54. The van der Waals surface area contributed by atoms with E-state index in [-0.39, 0.29) is 12.2 Å². The molecule has 0 aliphatic heterocycles. The van der Waals surface area contributed by atoms with E-state index in [0.717, 1.165) is 22.6 Å². The molecule has 0 saturated heterocycles. The lowest BCUT2D eigenvalue weighted by Gasteiger charge is -2.07. The summed E-state index contributed by atoms with van der Waals surface area (Å²) in [5.74, 6) is 0.776. The van der Waals surface area contributed by atoms with Crippen LogP contribution in [0.2, 0.25) is 0 Å². The van der Waals surface area contributed by atoms with Gasteiger partial charge in [0.15, 0.2) is 4.96 Å². The molecule has 5 heteroatoms. The summed E-state index contributed by atoms with van der Waals surface area (Å²) in [4.78, 5) is 17.8. The topological polar surface area (TPSA) is 43.6 Å². The Bertz CT molecular complexity index is 1080. The van der Waals surface area contributed by atoms with Gasteiger partial charge in [0.05, 0.1) is 11.4 Å². The zero-order valence-corrected chi connectivity index (χ0v) is 14.5. The van der Waals surface area contributed by atoms with Crippen LogP contribution in [0.3, 0.4) is 0 Å². The number of hydrogen-bond acceptors (Lipinski definition) is 4. The molecule has 25 heavy (non-hydrogen) atoms. The van der Waals surface area contributed by atoms with E-state index in [2.05, 4.69) is 4.98 Å². The SMILES string of the molecule is Cc1cccc(OCc2cc(=O)n3c(-c4ccccc4)csc3n2)c1. The molecule has 124 valence electrons. The van der Waals surface area contributed by atoms with E-state index in [1.54, 1.807) is 10.5 Å². The zero-order valence-electron chi connectivity index (χ0n) is 13.7. The second kappa shape index (κ2) is 6.53. The molecule has 0 radical (unpaired) electrons. The van der Waals surface area contributed by atoms with E-state index in [9.17, 15) is 4.79 Å². The summed E-state index contributed by atoms with van der Waals surface area (Å²) >= 11 is 1.46. The van der Waals surface area contributed by atoms with Gasteiger partial charge in [-0.1, -0.05) is 42.5 Å². The molecule has 0 fully saturated rings. The van der Waals surface area contributed by atoms with Crippen molar-refractivity contribution in [3.63, 3.8) is 0 Å². The van der Waals surface area contributed by atoms with Gasteiger partial charge in [-0.15, -0.1) is 11.3 Å². The molecule has 4 nitrogen and oxygen atoms in total. The van der Waals surface area contributed by atoms with E-state index in [4.69, 9.17) is 4.74 Å². The Morgan fingerprint density at radius 2 is 1.92 bits per heavy atom. The minimum absolute atomic E-state index is 0.0899. The van der Waals surface area contributed by atoms with Crippen molar-refractivity contribution >= 4 is 16.3 Å². The van der Waals surface area contributed by atoms with Gasteiger partial charge >= 0.3 is 0 Å². The van der Waals surface area contributed by atoms with Crippen molar-refractivity contribution in [3.8, 4) is 17.0 Å². The lowest BCUT2D eigenvalue weighted by Crippen LogP contribution is -2.15. The predicted molar refractivity (Wildman–Crippen MR) is 100 cm³/mol. The van der Waals surface area contributed by atoms with Crippen molar-refractivity contribution in [2.75, 3.05) is 0 Å². The Balaban J connectivity index is 1.66. The fourth-order valence-corrected chi connectivity index (χ4v) is 3.63. The standard InChI is InChI=1S/C20H16N2O2S/c1-14-6-5-9-17(10-14)24-12-16-11-19(23)22-18(13-25-20(22)21-16)15-7-3-2-4-8-15/h2-11,13H,12H2,1H3. The third kappa shape index (κ3) is 3.19. The van der Waals surface area contributed by atoms with Crippen LogP contribution in [0.4, 0.5) is 0 Å². The highest BCUT2D eigenvalue weighted by Gasteiger charge is 2.11. The van der Waals surface area contributed by atoms with Crippen LogP contribution in [-0.4, -0.2) is 9.38 Å². The van der Waals surface area contributed by atoms with Crippen LogP contribution in [0.15, 0.2) is 70.8 Å². The van der Waals surface area contributed by atoms with Crippen molar-refractivity contribution in [1.29, 1.82) is 0 Å². The molecule has 0 spiro atoms. The number of benzene rings is 2. The summed E-state index contributed by atoms with van der Waals surface area (Å²) < 4.78 is 7.41.